The number of unbranched alkanes of at least 4 members (excludes halogenated alkanes) is 20. The third-order valence-electron chi connectivity index (χ3n) is 14.2. The van der Waals surface area contributed by atoms with Crippen LogP contribution in [0.5, 0.6) is 0 Å². The summed E-state index contributed by atoms with van der Waals surface area (Å²) in [5.74, 6) is -0.292. The molecule has 0 aromatic carbocycles. The number of ether oxygens (including phenoxy) is 6. The zero-order chi connectivity index (χ0) is 54.1. The molecule has 74 heavy (non-hydrogen) atoms. The summed E-state index contributed by atoms with van der Waals surface area (Å²) >= 11 is 0. The quantitative estimate of drug-likeness (QED) is 0.0307. The Hall–Kier alpha value is -1.99. The number of aliphatic hydroxyl groups excluding tert-OH is 11. The minimum atomic E-state index is -1.98. The number of nitrogens with one attached hydrogen (secondary N) is 1. The minimum absolute atomic E-state index is 0.227. The molecule has 0 radical (unpaired) electrons. The molecule has 1 amide bonds. The van der Waals surface area contributed by atoms with Crippen LogP contribution < -0.4 is 5.32 Å². The molecule has 3 rings (SSSR count). The molecular formula is C55H99NO18. The number of carbonyl (C=O) groups excluding carboxylic acids is 1. The Labute approximate surface area is 440 Å². The van der Waals surface area contributed by atoms with Gasteiger partial charge in [0.25, 0.3) is 0 Å². The van der Waals surface area contributed by atoms with E-state index in [4.69, 9.17) is 28.4 Å². The lowest BCUT2D eigenvalue weighted by molar-refractivity contribution is -0.379. The lowest BCUT2D eigenvalue weighted by Crippen LogP contribution is -2.66. The number of aliphatic hydroxyl groups is 11. The van der Waals surface area contributed by atoms with Crippen LogP contribution in [0.4, 0.5) is 0 Å². The summed E-state index contributed by atoms with van der Waals surface area (Å²) in [7, 11) is 0. The van der Waals surface area contributed by atoms with Crippen LogP contribution in [-0.4, -0.2) is 193 Å². The number of hydrogen-bond acceptors (Lipinski definition) is 18. The van der Waals surface area contributed by atoms with Crippen LogP contribution in [-0.2, 0) is 33.2 Å². The molecule has 0 bridgehead atoms. The van der Waals surface area contributed by atoms with Crippen molar-refractivity contribution in [3.63, 3.8) is 0 Å². The lowest BCUT2D eigenvalue weighted by atomic mass is 9.96. The van der Waals surface area contributed by atoms with Gasteiger partial charge in [0.1, 0.15) is 73.2 Å². The Balaban J connectivity index is 1.54. The van der Waals surface area contributed by atoms with Crippen molar-refractivity contribution in [1.82, 2.24) is 5.32 Å². The molecule has 0 aromatic rings. The van der Waals surface area contributed by atoms with Crippen LogP contribution in [0.15, 0.2) is 36.5 Å². The molecule has 19 nitrogen and oxygen atoms in total. The van der Waals surface area contributed by atoms with E-state index in [1.165, 1.54) is 77.0 Å². The van der Waals surface area contributed by atoms with Gasteiger partial charge < -0.3 is 89.9 Å². The van der Waals surface area contributed by atoms with Gasteiger partial charge in [-0.3, -0.25) is 4.79 Å². The van der Waals surface area contributed by atoms with E-state index in [2.05, 4.69) is 43.5 Å². The first kappa shape index (κ1) is 66.3. The predicted molar refractivity (Wildman–Crippen MR) is 277 cm³/mol. The average Bonchev–Trinajstić information content (AvgIpc) is 3.40. The second-order valence-electron chi connectivity index (χ2n) is 20.4. The topological polar surface area (TPSA) is 307 Å². The van der Waals surface area contributed by atoms with E-state index in [0.29, 0.717) is 6.42 Å². The normalized spacial score (nSPS) is 31.7. The van der Waals surface area contributed by atoms with Gasteiger partial charge in [-0.25, -0.2) is 0 Å². The average molecular weight is 1060 g/mol. The van der Waals surface area contributed by atoms with Crippen LogP contribution in [0.3, 0.4) is 0 Å². The highest BCUT2D eigenvalue weighted by atomic mass is 16.8. The highest BCUT2D eigenvalue weighted by Crippen LogP contribution is 2.33. The van der Waals surface area contributed by atoms with Gasteiger partial charge in [-0.05, 0) is 44.9 Å². The van der Waals surface area contributed by atoms with Crippen LogP contribution in [0.1, 0.15) is 174 Å². The maximum absolute atomic E-state index is 13.3. The zero-order valence-corrected chi connectivity index (χ0v) is 44.6. The van der Waals surface area contributed by atoms with Crippen molar-refractivity contribution in [2.24, 2.45) is 0 Å². The Kier molecular flexibility index (Phi) is 35.3. The van der Waals surface area contributed by atoms with Crippen LogP contribution in [0.2, 0.25) is 0 Å². The maximum Gasteiger partial charge on any atom is 0.220 e. The molecule has 3 fully saturated rings. The molecule has 432 valence electrons. The smallest absolute Gasteiger partial charge is 0.220 e. The fourth-order valence-electron chi connectivity index (χ4n) is 9.44. The first-order valence-electron chi connectivity index (χ1n) is 28.2. The third kappa shape index (κ3) is 23.9. The second kappa shape index (κ2) is 39.4. The van der Waals surface area contributed by atoms with Crippen molar-refractivity contribution in [2.45, 2.75) is 279 Å². The number of hydrogen-bond donors (Lipinski definition) is 12. The summed E-state index contributed by atoms with van der Waals surface area (Å²) < 4.78 is 34.2. The molecule has 0 spiro atoms. The number of carbonyl (C=O) groups is 1. The number of rotatable bonds is 40. The summed E-state index contributed by atoms with van der Waals surface area (Å²) in [6.07, 6.45) is 12.7. The van der Waals surface area contributed by atoms with Crippen molar-refractivity contribution in [3.05, 3.63) is 36.5 Å². The summed E-state index contributed by atoms with van der Waals surface area (Å²) in [6.45, 7) is 1.64. The monoisotopic (exact) mass is 1060 g/mol. The summed E-state index contributed by atoms with van der Waals surface area (Å²) in [5, 5.41) is 120. The number of amides is 1. The molecule has 3 aliphatic heterocycles. The summed E-state index contributed by atoms with van der Waals surface area (Å²) in [4.78, 5) is 13.3. The molecule has 0 aliphatic carbocycles. The molecule has 17 atom stereocenters. The highest BCUT2D eigenvalue weighted by molar-refractivity contribution is 5.76. The van der Waals surface area contributed by atoms with Gasteiger partial charge in [-0.2, -0.15) is 0 Å². The molecule has 0 aromatic heterocycles. The third-order valence-corrected chi connectivity index (χ3v) is 14.2. The van der Waals surface area contributed by atoms with Gasteiger partial charge in [0.2, 0.25) is 5.91 Å². The predicted octanol–water partition coefficient (Wildman–Crippen LogP) is 3.76. The molecule has 3 saturated heterocycles. The molecule has 0 saturated carbocycles. The SMILES string of the molecule is CCCC/C=C\C/C=C\CCCCCCCC(=O)NC(COC1OC(CO)C(OC2OC(CO)C(OC3OC(CO)C(O)C(O)C3O)C(O)C2O)C(O)C1O)C(O)/C=C/CCCCCCCCCCCCCCC. The Bertz CT molecular complexity index is 1500. The Morgan fingerprint density at radius 2 is 0.905 bits per heavy atom. The first-order chi connectivity index (χ1) is 35.8. The minimum Gasteiger partial charge on any atom is -0.394 e. The Morgan fingerprint density at radius 3 is 1.42 bits per heavy atom. The van der Waals surface area contributed by atoms with E-state index in [-0.39, 0.29) is 18.9 Å². The fraction of sp³-hybridized carbons (Fsp3) is 0.873. The van der Waals surface area contributed by atoms with Gasteiger partial charge in [-0.1, -0.05) is 159 Å². The molecule has 3 aliphatic rings. The molecule has 12 N–H and O–H groups in total. The van der Waals surface area contributed by atoms with Gasteiger partial charge in [0.15, 0.2) is 18.9 Å². The molecular weight excluding hydrogens is 963 g/mol. The second-order valence-corrected chi connectivity index (χ2v) is 20.4. The standard InChI is InChI=1S/C55H99NO18/c1-3-5-7-9-11-13-15-17-19-20-22-24-26-28-30-32-39(60)38(56-43(61)33-31-29-27-25-23-21-18-16-14-12-10-8-6-4-2)37-69-53-49(67)46(64)51(41(35-58)71-53)74-55-50(68)47(65)52(42(36-59)72-55)73-54-48(66)45(63)44(62)40(34-57)70-54/h10,12,16,18,30,32,38-42,44-55,57-60,62-68H,3-9,11,13-15,17,19-29,31,33-37H2,1-2H3,(H,56,61)/b12-10-,18-16-,32-30+. The van der Waals surface area contributed by atoms with Gasteiger partial charge in [0, 0.05) is 6.42 Å². The van der Waals surface area contributed by atoms with E-state index >= 15 is 0 Å². The van der Waals surface area contributed by atoms with Crippen molar-refractivity contribution in [2.75, 3.05) is 26.4 Å². The first-order valence-corrected chi connectivity index (χ1v) is 28.2. The van der Waals surface area contributed by atoms with E-state index in [0.717, 1.165) is 70.6 Å². The van der Waals surface area contributed by atoms with Crippen LogP contribution in [0.25, 0.3) is 0 Å². The largest absolute Gasteiger partial charge is 0.394 e. The van der Waals surface area contributed by atoms with E-state index in [9.17, 15) is 61.0 Å². The van der Waals surface area contributed by atoms with Gasteiger partial charge >= 0.3 is 0 Å². The molecule has 17 unspecified atom stereocenters. The molecule has 3 heterocycles. The summed E-state index contributed by atoms with van der Waals surface area (Å²) in [5.41, 5.74) is 0. The van der Waals surface area contributed by atoms with E-state index in [1.54, 1.807) is 6.08 Å². The number of allylic oxidation sites excluding steroid dienone is 5. The van der Waals surface area contributed by atoms with Crippen LogP contribution in [0, 0.1) is 0 Å². The van der Waals surface area contributed by atoms with Crippen LogP contribution >= 0.6 is 0 Å². The lowest BCUT2D eigenvalue weighted by Gasteiger charge is -2.48. The van der Waals surface area contributed by atoms with Gasteiger partial charge in [-0.15, -0.1) is 0 Å². The van der Waals surface area contributed by atoms with Crippen molar-refractivity contribution < 1.29 is 89.4 Å². The van der Waals surface area contributed by atoms with Crippen molar-refractivity contribution >= 4 is 5.91 Å². The van der Waals surface area contributed by atoms with Crippen molar-refractivity contribution in [1.29, 1.82) is 0 Å². The maximum atomic E-state index is 13.3. The molecule has 19 heteroatoms. The van der Waals surface area contributed by atoms with E-state index < -0.39 is 124 Å². The van der Waals surface area contributed by atoms with E-state index in [1.807, 2.05) is 6.08 Å². The Morgan fingerprint density at radius 1 is 0.486 bits per heavy atom. The van der Waals surface area contributed by atoms with Gasteiger partial charge in [0.05, 0.1) is 38.6 Å². The summed E-state index contributed by atoms with van der Waals surface area (Å²) in [6, 6.07) is -0.978. The highest BCUT2D eigenvalue weighted by Gasteiger charge is 2.53. The fourth-order valence-corrected chi connectivity index (χ4v) is 9.44. The zero-order valence-electron chi connectivity index (χ0n) is 44.6. The van der Waals surface area contributed by atoms with Crippen molar-refractivity contribution in [3.8, 4) is 0 Å².